The lowest BCUT2D eigenvalue weighted by Crippen LogP contribution is -2.28. The maximum atomic E-state index is 12.3. The van der Waals surface area contributed by atoms with E-state index in [1.165, 1.54) is 321 Å². The van der Waals surface area contributed by atoms with Crippen LogP contribution in [0, 0.1) is 0 Å². The fourth-order valence-electron chi connectivity index (χ4n) is 11.2. The second kappa shape index (κ2) is 71.1. The normalized spacial score (nSPS) is 12.4. The summed E-state index contributed by atoms with van der Waals surface area (Å²) in [6.07, 6.45) is 96.0. The molecule has 80 heavy (non-hydrogen) atoms. The van der Waals surface area contributed by atoms with Gasteiger partial charge in [-0.2, -0.15) is 0 Å². The van der Waals surface area contributed by atoms with Crippen LogP contribution in [-0.2, 0) is 19.1 Å². The molecular weight excluding hydrogens is 981 g/mol. The summed E-state index contributed by atoms with van der Waals surface area (Å²) in [4.78, 5) is 24.6. The average Bonchev–Trinajstić information content (AvgIpc) is 3.46. The zero-order valence-electron chi connectivity index (χ0n) is 54.1. The Bertz CT molecular complexity index is 1320. The Morgan fingerprint density at radius 2 is 0.500 bits per heavy atom. The molecule has 0 saturated carbocycles. The number of esters is 2. The molecule has 1 N–H and O–H groups in total. The first kappa shape index (κ1) is 77.9. The Kier molecular flexibility index (Phi) is 69.2. The predicted octanol–water partition coefficient (Wildman–Crippen LogP) is 25.1. The largest absolute Gasteiger partial charge is 0.462 e. The Morgan fingerprint density at radius 1 is 0.287 bits per heavy atom. The summed E-state index contributed by atoms with van der Waals surface area (Å²) in [5.41, 5.74) is 0. The van der Waals surface area contributed by atoms with Crippen molar-refractivity contribution in [2.24, 2.45) is 0 Å². The van der Waals surface area contributed by atoms with Gasteiger partial charge in [0.25, 0.3) is 0 Å². The number of hydrogen-bond acceptors (Lipinski definition) is 5. The van der Waals surface area contributed by atoms with Gasteiger partial charge in [-0.15, -0.1) is 0 Å². The quantitative estimate of drug-likeness (QED) is 0.0373. The van der Waals surface area contributed by atoms with Crippen LogP contribution in [-0.4, -0.2) is 36.4 Å². The van der Waals surface area contributed by atoms with Crippen molar-refractivity contribution in [3.63, 3.8) is 0 Å². The zero-order valence-corrected chi connectivity index (χ0v) is 54.1. The van der Waals surface area contributed by atoms with Crippen molar-refractivity contribution in [3.8, 4) is 0 Å². The maximum Gasteiger partial charge on any atom is 0.306 e. The first-order chi connectivity index (χ1) is 39.6. The average molecular weight is 1120 g/mol. The Morgan fingerprint density at radius 3 is 0.762 bits per heavy atom. The smallest absolute Gasteiger partial charge is 0.306 e. The van der Waals surface area contributed by atoms with Crippen LogP contribution >= 0.6 is 0 Å². The van der Waals surface area contributed by atoms with Gasteiger partial charge in [-0.25, -0.2) is 0 Å². The van der Waals surface area contributed by atoms with E-state index in [2.05, 4.69) is 62.5 Å². The minimum absolute atomic E-state index is 0.0635. The van der Waals surface area contributed by atoms with Crippen molar-refractivity contribution in [1.82, 2.24) is 0 Å². The van der Waals surface area contributed by atoms with Gasteiger partial charge < -0.3 is 14.6 Å². The number of aliphatic hydroxyl groups is 1. The molecule has 0 heterocycles. The van der Waals surface area contributed by atoms with Crippen LogP contribution in [0.15, 0.2) is 48.6 Å². The summed E-state index contributed by atoms with van der Waals surface area (Å²) in [7, 11) is 0. The highest BCUT2D eigenvalue weighted by Gasteiger charge is 2.16. The van der Waals surface area contributed by atoms with Crippen molar-refractivity contribution in [2.45, 2.75) is 405 Å². The number of allylic oxidation sites excluding steroid dienone is 8. The van der Waals surface area contributed by atoms with E-state index >= 15 is 0 Å². The second-order valence-corrected chi connectivity index (χ2v) is 24.7. The Balaban J connectivity index is 3.38. The SMILES string of the molecule is CCCCCCC/C=C\C/C=C\C/C=C\CCCCCCCCCCCCC(=O)OC(CO)COC(=O)CCCCCCCCCCCCCCCCCCCCCCCCCCCCCCC/C=C\CCCCCCCCCC. The van der Waals surface area contributed by atoms with Gasteiger partial charge >= 0.3 is 11.9 Å². The van der Waals surface area contributed by atoms with Crippen LogP contribution in [0.2, 0.25) is 0 Å². The number of carbonyl (C=O) groups excluding carboxylic acids is 2. The molecule has 0 aromatic carbocycles. The van der Waals surface area contributed by atoms with Gasteiger partial charge in [0, 0.05) is 12.8 Å². The molecule has 1 unspecified atom stereocenters. The van der Waals surface area contributed by atoms with E-state index in [1.54, 1.807) is 0 Å². The minimum Gasteiger partial charge on any atom is -0.462 e. The van der Waals surface area contributed by atoms with Crippen LogP contribution in [0.1, 0.15) is 399 Å². The highest BCUT2D eigenvalue weighted by Crippen LogP contribution is 2.19. The molecule has 0 aliphatic rings. The molecule has 5 heteroatoms. The molecule has 470 valence electrons. The molecule has 0 radical (unpaired) electrons. The predicted molar refractivity (Wildman–Crippen MR) is 353 cm³/mol. The van der Waals surface area contributed by atoms with Crippen molar-refractivity contribution in [1.29, 1.82) is 0 Å². The fourth-order valence-corrected chi connectivity index (χ4v) is 11.2. The fraction of sp³-hybridized carbons (Fsp3) is 0.867. The first-order valence-electron chi connectivity index (χ1n) is 36.2. The van der Waals surface area contributed by atoms with Gasteiger partial charge in [-0.05, 0) is 77.0 Å². The van der Waals surface area contributed by atoms with Crippen LogP contribution in [0.25, 0.3) is 0 Å². The highest BCUT2D eigenvalue weighted by atomic mass is 16.6. The van der Waals surface area contributed by atoms with Crippen molar-refractivity contribution < 1.29 is 24.2 Å². The van der Waals surface area contributed by atoms with Gasteiger partial charge in [0.2, 0.25) is 0 Å². The third-order valence-electron chi connectivity index (χ3n) is 16.6. The first-order valence-corrected chi connectivity index (χ1v) is 36.2. The monoisotopic (exact) mass is 1120 g/mol. The summed E-state index contributed by atoms with van der Waals surface area (Å²) < 4.78 is 10.8. The van der Waals surface area contributed by atoms with Crippen LogP contribution < -0.4 is 0 Å². The summed E-state index contributed by atoms with van der Waals surface area (Å²) in [5.74, 6) is -0.576. The van der Waals surface area contributed by atoms with E-state index in [-0.39, 0.29) is 25.2 Å². The molecule has 0 aliphatic heterocycles. The second-order valence-electron chi connectivity index (χ2n) is 24.7. The lowest BCUT2D eigenvalue weighted by atomic mass is 10.0. The Labute approximate surface area is 500 Å². The molecule has 0 fully saturated rings. The van der Waals surface area contributed by atoms with E-state index in [4.69, 9.17) is 9.47 Å². The molecule has 0 aromatic heterocycles. The topological polar surface area (TPSA) is 72.8 Å². The standard InChI is InChI=1S/C75H140O5/c1-3-5-7-9-11-13-15-17-19-21-23-25-27-29-30-31-32-33-34-35-36-37-38-39-40-41-42-43-44-46-47-49-51-53-55-57-59-61-63-65-67-69-74(77)79-72-73(71-76)80-75(78)70-68-66-64-62-60-58-56-54-52-50-48-45-28-26-24-22-20-18-16-14-12-10-8-6-4-2/h16,18,21-24,28,45,73,76H,3-15,17,19-20,25-27,29-44,46-72H2,1-2H3/b18-16-,23-21-,24-22-,45-28-. The summed E-state index contributed by atoms with van der Waals surface area (Å²) in [5, 5.41) is 9.70. The molecule has 0 saturated heterocycles. The van der Waals surface area contributed by atoms with Crippen LogP contribution in [0.4, 0.5) is 0 Å². The molecular formula is C75H140O5. The van der Waals surface area contributed by atoms with Gasteiger partial charge in [0.1, 0.15) is 6.61 Å². The lowest BCUT2D eigenvalue weighted by molar-refractivity contribution is -0.161. The number of rotatable bonds is 68. The molecule has 0 bridgehead atoms. The van der Waals surface area contributed by atoms with Gasteiger partial charge in [0.05, 0.1) is 6.61 Å². The van der Waals surface area contributed by atoms with E-state index in [0.29, 0.717) is 12.8 Å². The zero-order chi connectivity index (χ0) is 57.6. The molecule has 5 nitrogen and oxygen atoms in total. The number of ether oxygens (including phenoxy) is 2. The van der Waals surface area contributed by atoms with E-state index < -0.39 is 6.10 Å². The van der Waals surface area contributed by atoms with E-state index in [9.17, 15) is 14.7 Å². The molecule has 0 rings (SSSR count). The summed E-state index contributed by atoms with van der Waals surface area (Å²) >= 11 is 0. The highest BCUT2D eigenvalue weighted by molar-refractivity contribution is 5.70. The van der Waals surface area contributed by atoms with Crippen molar-refractivity contribution in [3.05, 3.63) is 48.6 Å². The van der Waals surface area contributed by atoms with Crippen molar-refractivity contribution >= 4 is 11.9 Å². The number of unbranched alkanes of at least 4 members (excludes halogenated alkanes) is 52. The molecule has 0 spiro atoms. The molecule has 0 aliphatic carbocycles. The maximum absolute atomic E-state index is 12.3. The van der Waals surface area contributed by atoms with Gasteiger partial charge in [-0.3, -0.25) is 9.59 Å². The minimum atomic E-state index is -0.775. The number of aliphatic hydroxyl groups excluding tert-OH is 1. The molecule has 0 aromatic rings. The van der Waals surface area contributed by atoms with E-state index in [0.717, 1.165) is 51.4 Å². The van der Waals surface area contributed by atoms with Gasteiger partial charge in [-0.1, -0.05) is 358 Å². The lowest BCUT2D eigenvalue weighted by Gasteiger charge is -2.15. The third kappa shape index (κ3) is 68.4. The summed E-state index contributed by atoms with van der Waals surface area (Å²) in [6, 6.07) is 0. The van der Waals surface area contributed by atoms with Crippen LogP contribution in [0.3, 0.4) is 0 Å². The third-order valence-corrected chi connectivity index (χ3v) is 16.6. The van der Waals surface area contributed by atoms with E-state index in [1.807, 2.05) is 0 Å². The number of carbonyl (C=O) groups is 2. The number of hydrogen-bond donors (Lipinski definition) is 1. The Hall–Kier alpha value is -2.14. The summed E-state index contributed by atoms with van der Waals surface area (Å²) in [6.45, 7) is 4.18. The van der Waals surface area contributed by atoms with Crippen LogP contribution in [0.5, 0.6) is 0 Å². The molecule has 0 amide bonds. The van der Waals surface area contributed by atoms with Gasteiger partial charge in [0.15, 0.2) is 6.10 Å². The molecule has 1 atom stereocenters. The van der Waals surface area contributed by atoms with Crippen molar-refractivity contribution in [2.75, 3.05) is 13.2 Å².